The lowest BCUT2D eigenvalue weighted by Crippen LogP contribution is -2.50. The van der Waals surface area contributed by atoms with Crippen LogP contribution in [0.1, 0.15) is 39.0 Å². The first-order chi connectivity index (χ1) is 9.40. The van der Waals surface area contributed by atoms with E-state index in [4.69, 9.17) is 5.11 Å². The van der Waals surface area contributed by atoms with Crippen LogP contribution in [-0.2, 0) is 4.79 Å². The van der Waals surface area contributed by atoms with Crippen molar-refractivity contribution in [2.45, 2.75) is 57.2 Å². The zero-order valence-corrected chi connectivity index (χ0v) is 12.2. The van der Waals surface area contributed by atoms with E-state index >= 15 is 0 Å². The Bertz CT molecular complexity index is 387. The number of aliphatic hydroxyl groups excluding tert-OH is 1. The van der Waals surface area contributed by atoms with E-state index in [1.165, 1.54) is 11.3 Å². The molecule has 0 bridgehead atoms. The number of carbonyl (C=O) groups is 2. The van der Waals surface area contributed by atoms with Gasteiger partial charge in [-0.15, -0.1) is 0 Å². The van der Waals surface area contributed by atoms with Crippen molar-refractivity contribution in [3.05, 3.63) is 0 Å². The van der Waals surface area contributed by atoms with Crippen LogP contribution in [0.4, 0.5) is 4.79 Å². The van der Waals surface area contributed by atoms with E-state index in [-0.39, 0.29) is 25.0 Å². The number of carboxylic acid groups (broad SMARTS) is 1. The molecule has 1 saturated heterocycles. The first kappa shape index (κ1) is 15.1. The molecule has 6 heteroatoms. The second kappa shape index (κ2) is 5.99. The van der Waals surface area contributed by atoms with Crippen LogP contribution in [0.3, 0.4) is 0 Å². The zero-order chi connectivity index (χ0) is 14.9. The maximum Gasteiger partial charge on any atom is 0.326 e. The third kappa shape index (κ3) is 3.06. The van der Waals surface area contributed by atoms with Gasteiger partial charge < -0.3 is 20.0 Å². The number of hydrogen-bond acceptors (Lipinski definition) is 3. The second-order valence-corrected chi connectivity index (χ2v) is 6.22. The first-order valence-corrected chi connectivity index (χ1v) is 7.34. The quantitative estimate of drug-likeness (QED) is 0.796. The Labute approximate surface area is 119 Å². The highest BCUT2D eigenvalue weighted by molar-refractivity contribution is 5.83. The minimum atomic E-state index is -1.04. The number of urea groups is 1. The Morgan fingerprint density at radius 1 is 1.25 bits per heavy atom. The molecule has 2 rings (SSSR count). The van der Waals surface area contributed by atoms with E-state index in [0.29, 0.717) is 5.92 Å². The van der Waals surface area contributed by atoms with Gasteiger partial charge in [-0.05, 0) is 18.8 Å². The topological polar surface area (TPSA) is 81.1 Å². The van der Waals surface area contributed by atoms with Crippen LogP contribution < -0.4 is 0 Å². The molecule has 1 aliphatic heterocycles. The lowest BCUT2D eigenvalue weighted by atomic mass is 9.86. The standard InChI is InChI=1S/C14H24N2O4/c1-9-4-3-5-10(6-9)15(2)14(20)16-8-11(17)7-12(16)13(18)19/h9-12,17H,3-8H2,1-2H3,(H,18,19)/t9?,10?,11-,12-/m0/s1. The fraction of sp³-hybridized carbons (Fsp3) is 0.857. The molecule has 2 fully saturated rings. The van der Waals surface area contributed by atoms with Crippen molar-refractivity contribution in [1.82, 2.24) is 9.80 Å². The smallest absolute Gasteiger partial charge is 0.326 e. The van der Waals surface area contributed by atoms with Crippen LogP contribution in [0.5, 0.6) is 0 Å². The predicted molar refractivity (Wildman–Crippen MR) is 73.3 cm³/mol. The van der Waals surface area contributed by atoms with Gasteiger partial charge in [-0.25, -0.2) is 9.59 Å². The molecule has 1 heterocycles. The van der Waals surface area contributed by atoms with E-state index in [2.05, 4.69) is 6.92 Å². The van der Waals surface area contributed by atoms with Gasteiger partial charge in [0.25, 0.3) is 0 Å². The average Bonchev–Trinajstić information content (AvgIpc) is 2.79. The average molecular weight is 284 g/mol. The van der Waals surface area contributed by atoms with Crippen molar-refractivity contribution in [3.63, 3.8) is 0 Å². The largest absolute Gasteiger partial charge is 0.480 e. The minimum Gasteiger partial charge on any atom is -0.480 e. The fourth-order valence-corrected chi connectivity index (χ4v) is 3.37. The summed E-state index contributed by atoms with van der Waals surface area (Å²) >= 11 is 0. The first-order valence-electron chi connectivity index (χ1n) is 7.34. The van der Waals surface area contributed by atoms with Gasteiger partial charge in [-0.2, -0.15) is 0 Å². The molecule has 2 aliphatic rings. The SMILES string of the molecule is CC1CCCC(N(C)C(=O)N2C[C@@H](O)C[C@H]2C(=O)O)C1. The molecule has 0 aromatic carbocycles. The van der Waals surface area contributed by atoms with Gasteiger partial charge in [0.15, 0.2) is 0 Å². The van der Waals surface area contributed by atoms with E-state index in [9.17, 15) is 14.7 Å². The third-order valence-electron chi connectivity index (χ3n) is 4.57. The highest BCUT2D eigenvalue weighted by atomic mass is 16.4. The lowest BCUT2D eigenvalue weighted by Gasteiger charge is -2.37. The summed E-state index contributed by atoms with van der Waals surface area (Å²) in [6.07, 6.45) is 3.62. The fourth-order valence-electron chi connectivity index (χ4n) is 3.37. The summed E-state index contributed by atoms with van der Waals surface area (Å²) in [4.78, 5) is 26.6. The van der Waals surface area contributed by atoms with Gasteiger partial charge in [0, 0.05) is 26.1 Å². The number of β-amino-alcohol motifs (C(OH)–C–C–N with tert-alkyl or cyclic N) is 1. The molecule has 2 N–H and O–H groups in total. The van der Waals surface area contributed by atoms with Gasteiger partial charge in [0.1, 0.15) is 6.04 Å². The van der Waals surface area contributed by atoms with Crippen LogP contribution in [0, 0.1) is 5.92 Å². The number of hydrogen-bond donors (Lipinski definition) is 2. The van der Waals surface area contributed by atoms with Crippen molar-refractivity contribution in [2.75, 3.05) is 13.6 Å². The van der Waals surface area contributed by atoms with Crippen LogP contribution in [0.15, 0.2) is 0 Å². The Morgan fingerprint density at radius 2 is 1.95 bits per heavy atom. The lowest BCUT2D eigenvalue weighted by molar-refractivity contribution is -0.141. The molecule has 2 unspecified atom stereocenters. The Kier molecular flexibility index (Phi) is 4.52. The van der Waals surface area contributed by atoms with Crippen molar-refractivity contribution >= 4 is 12.0 Å². The van der Waals surface area contributed by atoms with Crippen molar-refractivity contribution in [2.24, 2.45) is 5.92 Å². The second-order valence-electron chi connectivity index (χ2n) is 6.22. The van der Waals surface area contributed by atoms with E-state index in [1.807, 2.05) is 0 Å². The number of aliphatic hydroxyl groups is 1. The predicted octanol–water partition coefficient (Wildman–Crippen LogP) is 1.14. The van der Waals surface area contributed by atoms with E-state index < -0.39 is 18.1 Å². The third-order valence-corrected chi connectivity index (χ3v) is 4.57. The highest BCUT2D eigenvalue weighted by Crippen LogP contribution is 2.28. The number of likely N-dealkylation sites (tertiary alicyclic amines) is 1. The number of rotatable bonds is 2. The molecule has 1 saturated carbocycles. The van der Waals surface area contributed by atoms with Gasteiger partial charge in [0.05, 0.1) is 6.10 Å². The van der Waals surface area contributed by atoms with Crippen LogP contribution in [0.25, 0.3) is 0 Å². The molecule has 2 amide bonds. The van der Waals surface area contributed by atoms with Crippen molar-refractivity contribution in [3.8, 4) is 0 Å². The summed E-state index contributed by atoms with van der Waals surface area (Å²) in [5.74, 6) is -0.441. The van der Waals surface area contributed by atoms with Crippen LogP contribution >= 0.6 is 0 Å². The molecule has 20 heavy (non-hydrogen) atoms. The Hall–Kier alpha value is -1.30. The molecule has 6 nitrogen and oxygen atoms in total. The monoisotopic (exact) mass is 284 g/mol. The van der Waals surface area contributed by atoms with Crippen molar-refractivity contribution in [1.29, 1.82) is 0 Å². The zero-order valence-electron chi connectivity index (χ0n) is 12.2. The number of amides is 2. The Balaban J connectivity index is 2.03. The number of nitrogens with zero attached hydrogens (tertiary/aromatic N) is 2. The van der Waals surface area contributed by atoms with E-state index in [0.717, 1.165) is 19.3 Å². The highest BCUT2D eigenvalue weighted by Gasteiger charge is 2.41. The molecular weight excluding hydrogens is 260 g/mol. The summed E-state index contributed by atoms with van der Waals surface area (Å²) in [6.45, 7) is 2.30. The summed E-state index contributed by atoms with van der Waals surface area (Å²) < 4.78 is 0. The van der Waals surface area contributed by atoms with Crippen LogP contribution in [0.2, 0.25) is 0 Å². The van der Waals surface area contributed by atoms with Crippen molar-refractivity contribution < 1.29 is 19.8 Å². The molecule has 0 radical (unpaired) electrons. The summed E-state index contributed by atoms with van der Waals surface area (Å²) in [5.41, 5.74) is 0. The molecular formula is C14H24N2O4. The van der Waals surface area contributed by atoms with Gasteiger partial charge in [-0.1, -0.05) is 19.8 Å². The number of carboxylic acids is 1. The molecule has 0 aromatic heterocycles. The van der Waals surface area contributed by atoms with Crippen LogP contribution in [-0.4, -0.2) is 63.8 Å². The molecule has 0 spiro atoms. The molecule has 0 aromatic rings. The van der Waals surface area contributed by atoms with E-state index in [1.54, 1.807) is 11.9 Å². The number of aliphatic carboxylic acids is 1. The molecule has 4 atom stereocenters. The van der Waals surface area contributed by atoms with Gasteiger partial charge >= 0.3 is 12.0 Å². The normalized spacial score (nSPS) is 34.0. The molecule has 1 aliphatic carbocycles. The summed E-state index contributed by atoms with van der Waals surface area (Å²) in [7, 11) is 1.74. The summed E-state index contributed by atoms with van der Waals surface area (Å²) in [5, 5.41) is 18.8. The minimum absolute atomic E-state index is 0.114. The van der Waals surface area contributed by atoms with Gasteiger partial charge in [0.2, 0.25) is 0 Å². The maximum atomic E-state index is 12.5. The number of carbonyl (C=O) groups excluding carboxylic acids is 1. The summed E-state index contributed by atoms with van der Waals surface area (Å²) in [6, 6.07) is -0.993. The van der Waals surface area contributed by atoms with Gasteiger partial charge in [-0.3, -0.25) is 0 Å². The molecule has 114 valence electrons. The maximum absolute atomic E-state index is 12.5. The Morgan fingerprint density at radius 3 is 2.55 bits per heavy atom.